The molecule has 5 heteroatoms. The first-order valence-electron chi connectivity index (χ1n) is 8.71. The Balaban J connectivity index is 1.62. The highest BCUT2D eigenvalue weighted by Gasteiger charge is 2.16. The molecule has 0 bridgehead atoms. The van der Waals surface area contributed by atoms with Crippen LogP contribution >= 0.6 is 11.3 Å². The Morgan fingerprint density at radius 2 is 1.77 bits per heavy atom. The van der Waals surface area contributed by atoms with Crippen LogP contribution < -0.4 is 4.74 Å². The van der Waals surface area contributed by atoms with Gasteiger partial charge < -0.3 is 9.64 Å². The maximum Gasteiger partial charge on any atom is 0.254 e. The van der Waals surface area contributed by atoms with Gasteiger partial charge in [-0.2, -0.15) is 0 Å². The minimum Gasteiger partial charge on any atom is -0.486 e. The Morgan fingerprint density at radius 1 is 1.08 bits per heavy atom. The molecule has 0 aliphatic carbocycles. The summed E-state index contributed by atoms with van der Waals surface area (Å²) in [6.07, 6.45) is 0.909. The van der Waals surface area contributed by atoms with Gasteiger partial charge in [-0.25, -0.2) is 4.98 Å². The van der Waals surface area contributed by atoms with Crippen molar-refractivity contribution in [2.24, 2.45) is 0 Å². The molecule has 2 aromatic carbocycles. The lowest BCUT2D eigenvalue weighted by atomic mass is 10.2. The number of nitrogens with zero attached hydrogens (tertiary/aromatic N) is 2. The number of para-hydroxylation sites is 1. The topological polar surface area (TPSA) is 42.4 Å². The molecule has 0 saturated heterocycles. The van der Waals surface area contributed by atoms with Crippen LogP contribution in [0.2, 0.25) is 0 Å². The maximum atomic E-state index is 12.7. The van der Waals surface area contributed by atoms with Gasteiger partial charge in [0.25, 0.3) is 5.91 Å². The van der Waals surface area contributed by atoms with Gasteiger partial charge in [0.15, 0.2) is 0 Å². The van der Waals surface area contributed by atoms with Crippen molar-refractivity contribution in [1.82, 2.24) is 9.88 Å². The van der Waals surface area contributed by atoms with Crippen molar-refractivity contribution < 1.29 is 9.53 Å². The van der Waals surface area contributed by atoms with Gasteiger partial charge in [0, 0.05) is 17.5 Å². The molecule has 3 rings (SSSR count). The molecule has 3 aromatic rings. The van der Waals surface area contributed by atoms with Crippen LogP contribution in [0.1, 0.15) is 34.4 Å². The van der Waals surface area contributed by atoms with E-state index in [0.29, 0.717) is 25.3 Å². The van der Waals surface area contributed by atoms with Gasteiger partial charge in [-0.15, -0.1) is 11.3 Å². The van der Waals surface area contributed by atoms with Crippen LogP contribution in [0.3, 0.4) is 0 Å². The molecule has 0 aliphatic heterocycles. The smallest absolute Gasteiger partial charge is 0.254 e. The van der Waals surface area contributed by atoms with E-state index in [-0.39, 0.29) is 5.91 Å². The third kappa shape index (κ3) is 4.92. The summed E-state index contributed by atoms with van der Waals surface area (Å²) in [6, 6.07) is 19.1. The standard InChI is InChI=1S/C21H22N2O2S/c1-2-13-23(21(24)17-9-5-3-6-10-17)14-18-16-26-20(22-18)15-25-19-11-7-4-8-12-19/h3-12,16H,2,13-15H2,1H3. The number of ether oxygens (including phenoxy) is 1. The summed E-state index contributed by atoms with van der Waals surface area (Å²) in [5.41, 5.74) is 1.61. The Kier molecular flexibility index (Phi) is 6.39. The summed E-state index contributed by atoms with van der Waals surface area (Å²) in [5.74, 6) is 0.874. The highest BCUT2D eigenvalue weighted by atomic mass is 32.1. The highest BCUT2D eigenvalue weighted by molar-refractivity contribution is 7.09. The van der Waals surface area contributed by atoms with Crippen LogP contribution in [0.25, 0.3) is 0 Å². The fourth-order valence-electron chi connectivity index (χ4n) is 2.63. The molecule has 0 radical (unpaired) electrons. The predicted molar refractivity (Wildman–Crippen MR) is 104 cm³/mol. The summed E-state index contributed by atoms with van der Waals surface area (Å²) in [6.45, 7) is 3.74. The van der Waals surface area contributed by atoms with Gasteiger partial charge in [-0.1, -0.05) is 43.3 Å². The molecule has 134 valence electrons. The fraction of sp³-hybridized carbons (Fsp3) is 0.238. The van der Waals surface area contributed by atoms with Gasteiger partial charge in [-0.05, 0) is 30.7 Å². The van der Waals surface area contributed by atoms with Gasteiger partial charge in [0.1, 0.15) is 17.4 Å². The monoisotopic (exact) mass is 366 g/mol. The Hall–Kier alpha value is -2.66. The van der Waals surface area contributed by atoms with Crippen LogP contribution in [-0.4, -0.2) is 22.3 Å². The van der Waals surface area contributed by atoms with Crippen molar-refractivity contribution in [3.05, 3.63) is 82.3 Å². The van der Waals surface area contributed by atoms with Crippen LogP contribution in [0.5, 0.6) is 5.75 Å². The van der Waals surface area contributed by atoms with E-state index in [1.165, 1.54) is 0 Å². The Morgan fingerprint density at radius 3 is 2.46 bits per heavy atom. The summed E-state index contributed by atoms with van der Waals surface area (Å²) in [5, 5.41) is 2.91. The van der Waals surface area contributed by atoms with Crippen LogP contribution in [0.15, 0.2) is 66.0 Å². The number of benzene rings is 2. The minimum absolute atomic E-state index is 0.0440. The lowest BCUT2D eigenvalue weighted by Crippen LogP contribution is -2.31. The lowest BCUT2D eigenvalue weighted by molar-refractivity contribution is 0.0741. The van der Waals surface area contributed by atoms with Crippen molar-refractivity contribution in [2.45, 2.75) is 26.5 Å². The summed E-state index contributed by atoms with van der Waals surface area (Å²) >= 11 is 1.56. The number of carbonyl (C=O) groups is 1. The van der Waals surface area contributed by atoms with Crippen LogP contribution in [0.4, 0.5) is 0 Å². The van der Waals surface area contributed by atoms with E-state index in [2.05, 4.69) is 11.9 Å². The van der Waals surface area contributed by atoms with E-state index >= 15 is 0 Å². The number of carbonyl (C=O) groups excluding carboxylic acids is 1. The molecule has 0 fully saturated rings. The molecule has 4 nitrogen and oxygen atoms in total. The van der Waals surface area contributed by atoms with Crippen molar-refractivity contribution in [3.8, 4) is 5.75 Å². The third-order valence-corrected chi connectivity index (χ3v) is 4.73. The van der Waals surface area contributed by atoms with E-state index in [0.717, 1.165) is 22.9 Å². The normalized spacial score (nSPS) is 10.5. The molecule has 0 N–H and O–H groups in total. The Labute approximate surface area is 158 Å². The summed E-state index contributed by atoms with van der Waals surface area (Å²) < 4.78 is 5.74. The molecule has 26 heavy (non-hydrogen) atoms. The number of hydrogen-bond acceptors (Lipinski definition) is 4. The average molecular weight is 366 g/mol. The van der Waals surface area contributed by atoms with E-state index in [1.807, 2.05) is 70.9 Å². The number of hydrogen-bond donors (Lipinski definition) is 0. The first-order chi connectivity index (χ1) is 12.8. The second kappa shape index (κ2) is 9.15. The number of amides is 1. The van der Waals surface area contributed by atoms with Crippen LogP contribution in [0, 0.1) is 0 Å². The zero-order valence-electron chi connectivity index (χ0n) is 14.8. The van der Waals surface area contributed by atoms with Gasteiger partial charge in [-0.3, -0.25) is 4.79 Å². The van der Waals surface area contributed by atoms with Gasteiger partial charge >= 0.3 is 0 Å². The first kappa shape index (κ1) is 18.1. The number of aromatic nitrogens is 1. The molecule has 0 atom stereocenters. The van der Waals surface area contributed by atoms with Crippen molar-refractivity contribution in [2.75, 3.05) is 6.54 Å². The van der Waals surface area contributed by atoms with Crippen LogP contribution in [-0.2, 0) is 13.2 Å². The van der Waals surface area contributed by atoms with E-state index in [4.69, 9.17) is 4.74 Å². The van der Waals surface area contributed by atoms with Gasteiger partial charge in [0.2, 0.25) is 0 Å². The maximum absolute atomic E-state index is 12.7. The van der Waals surface area contributed by atoms with Crippen molar-refractivity contribution in [3.63, 3.8) is 0 Å². The zero-order chi connectivity index (χ0) is 18.2. The quantitative estimate of drug-likeness (QED) is 0.576. The molecular weight excluding hydrogens is 344 g/mol. The molecular formula is C21H22N2O2S. The molecule has 0 saturated carbocycles. The summed E-state index contributed by atoms with van der Waals surface area (Å²) in [4.78, 5) is 19.2. The fourth-order valence-corrected chi connectivity index (χ4v) is 3.33. The predicted octanol–water partition coefficient (Wildman–Crippen LogP) is 4.77. The second-order valence-corrected chi connectivity index (χ2v) is 6.87. The molecule has 0 aliphatic rings. The summed E-state index contributed by atoms with van der Waals surface area (Å²) in [7, 11) is 0. The SMILES string of the molecule is CCCN(Cc1csc(COc2ccccc2)n1)C(=O)c1ccccc1. The first-order valence-corrected chi connectivity index (χ1v) is 9.59. The van der Waals surface area contributed by atoms with Gasteiger partial charge in [0.05, 0.1) is 12.2 Å². The number of thiazole rings is 1. The van der Waals surface area contributed by atoms with Crippen molar-refractivity contribution in [1.29, 1.82) is 0 Å². The van der Waals surface area contributed by atoms with E-state index in [1.54, 1.807) is 11.3 Å². The molecule has 0 unspecified atom stereocenters. The Bertz CT molecular complexity index is 818. The zero-order valence-corrected chi connectivity index (χ0v) is 15.6. The molecule has 0 spiro atoms. The van der Waals surface area contributed by atoms with Crippen molar-refractivity contribution >= 4 is 17.2 Å². The molecule has 1 amide bonds. The third-order valence-electron chi connectivity index (χ3n) is 3.86. The molecule has 1 aromatic heterocycles. The second-order valence-electron chi connectivity index (χ2n) is 5.93. The average Bonchev–Trinajstić information content (AvgIpc) is 3.14. The number of rotatable bonds is 8. The lowest BCUT2D eigenvalue weighted by Gasteiger charge is -2.21. The van der Waals surface area contributed by atoms with E-state index < -0.39 is 0 Å². The van der Waals surface area contributed by atoms with E-state index in [9.17, 15) is 4.79 Å². The highest BCUT2D eigenvalue weighted by Crippen LogP contribution is 2.17. The molecule has 1 heterocycles. The largest absolute Gasteiger partial charge is 0.486 e. The minimum atomic E-state index is 0.0440.